The summed E-state index contributed by atoms with van der Waals surface area (Å²) in [6.07, 6.45) is 0. The first-order chi connectivity index (χ1) is 9.36. The Morgan fingerprint density at radius 1 is 1.20 bits per heavy atom. The average molecular weight is 272 g/mol. The second-order valence-electron chi connectivity index (χ2n) is 5.17. The molecule has 2 aromatic rings. The van der Waals surface area contributed by atoms with Crippen LogP contribution in [0.3, 0.4) is 0 Å². The molecule has 0 radical (unpaired) electrons. The van der Waals surface area contributed by atoms with Gasteiger partial charge in [-0.25, -0.2) is 0 Å². The summed E-state index contributed by atoms with van der Waals surface area (Å²) in [5.41, 5.74) is 11.1. The largest absolute Gasteiger partial charge is 0.396 e. The minimum atomic E-state index is -0.111. The van der Waals surface area contributed by atoms with Crippen molar-refractivity contribution in [3.63, 3.8) is 0 Å². The van der Waals surface area contributed by atoms with Crippen molar-refractivity contribution in [1.29, 1.82) is 0 Å². The van der Waals surface area contributed by atoms with E-state index in [1.165, 1.54) is 0 Å². The fourth-order valence-electron chi connectivity index (χ4n) is 2.25. The molecule has 0 fully saturated rings. The monoisotopic (exact) mass is 272 g/mol. The molecule has 0 spiro atoms. The van der Waals surface area contributed by atoms with E-state index < -0.39 is 0 Å². The normalized spacial score (nSPS) is 10.6. The highest BCUT2D eigenvalue weighted by molar-refractivity contribution is 5.90. The average Bonchev–Trinajstić information content (AvgIpc) is 2.55. The first-order valence-corrected chi connectivity index (χ1v) is 6.54. The molecular formula is C15H20N4O. The first-order valence-electron chi connectivity index (χ1n) is 6.54. The molecule has 1 amide bonds. The van der Waals surface area contributed by atoms with E-state index in [0.717, 1.165) is 28.2 Å². The lowest BCUT2D eigenvalue weighted by Gasteiger charge is -2.08. The van der Waals surface area contributed by atoms with Gasteiger partial charge in [0.1, 0.15) is 6.54 Å². The molecule has 3 N–H and O–H groups in total. The lowest BCUT2D eigenvalue weighted by Crippen LogP contribution is -2.20. The number of nitrogen functional groups attached to an aromatic ring is 1. The smallest absolute Gasteiger partial charge is 0.246 e. The molecule has 2 rings (SSSR count). The van der Waals surface area contributed by atoms with Crippen LogP contribution in [0, 0.1) is 27.7 Å². The van der Waals surface area contributed by atoms with Crippen molar-refractivity contribution in [3.8, 4) is 0 Å². The van der Waals surface area contributed by atoms with Crippen LogP contribution in [0.5, 0.6) is 0 Å². The van der Waals surface area contributed by atoms with E-state index in [1.807, 2.05) is 39.8 Å². The number of amides is 1. The van der Waals surface area contributed by atoms with Gasteiger partial charge in [-0.1, -0.05) is 6.07 Å². The van der Waals surface area contributed by atoms with Crippen molar-refractivity contribution < 1.29 is 4.79 Å². The molecule has 0 saturated carbocycles. The van der Waals surface area contributed by atoms with Crippen LogP contribution >= 0.6 is 0 Å². The zero-order valence-corrected chi connectivity index (χ0v) is 12.3. The molecule has 0 unspecified atom stereocenters. The maximum absolute atomic E-state index is 12.1. The number of hydrogen-bond donors (Lipinski definition) is 2. The zero-order valence-electron chi connectivity index (χ0n) is 12.3. The molecule has 1 aromatic carbocycles. The minimum Gasteiger partial charge on any atom is -0.396 e. The zero-order chi connectivity index (χ0) is 14.9. The van der Waals surface area contributed by atoms with Crippen LogP contribution in [-0.4, -0.2) is 15.7 Å². The molecule has 0 aliphatic carbocycles. The SMILES string of the molecule is Cc1cc(C)cc(NC(=O)Cn2nc(C)c(N)c2C)c1. The van der Waals surface area contributed by atoms with Crippen molar-refractivity contribution in [1.82, 2.24) is 9.78 Å². The van der Waals surface area contributed by atoms with E-state index in [9.17, 15) is 4.79 Å². The quantitative estimate of drug-likeness (QED) is 0.900. The number of nitrogens with two attached hydrogens (primary N) is 1. The van der Waals surface area contributed by atoms with Gasteiger partial charge in [-0.15, -0.1) is 0 Å². The lowest BCUT2D eigenvalue weighted by atomic mass is 10.1. The van der Waals surface area contributed by atoms with Crippen LogP contribution in [0.4, 0.5) is 11.4 Å². The summed E-state index contributed by atoms with van der Waals surface area (Å²) in [4.78, 5) is 12.1. The Hall–Kier alpha value is -2.30. The van der Waals surface area contributed by atoms with Gasteiger partial charge in [0, 0.05) is 5.69 Å². The van der Waals surface area contributed by atoms with Crippen molar-refractivity contribution >= 4 is 17.3 Å². The van der Waals surface area contributed by atoms with E-state index >= 15 is 0 Å². The van der Waals surface area contributed by atoms with Crippen molar-refractivity contribution in [2.24, 2.45) is 0 Å². The molecular weight excluding hydrogens is 252 g/mol. The van der Waals surface area contributed by atoms with E-state index in [1.54, 1.807) is 4.68 Å². The topological polar surface area (TPSA) is 72.9 Å². The van der Waals surface area contributed by atoms with Crippen LogP contribution < -0.4 is 11.1 Å². The van der Waals surface area contributed by atoms with Gasteiger partial charge in [-0.05, 0) is 51.0 Å². The second-order valence-corrected chi connectivity index (χ2v) is 5.17. The number of nitrogens with zero attached hydrogens (tertiary/aromatic N) is 2. The fraction of sp³-hybridized carbons (Fsp3) is 0.333. The third kappa shape index (κ3) is 2.99. The van der Waals surface area contributed by atoms with Gasteiger partial charge in [0.2, 0.25) is 5.91 Å². The second kappa shape index (κ2) is 5.36. The predicted molar refractivity (Wildman–Crippen MR) is 80.7 cm³/mol. The Balaban J connectivity index is 2.11. The van der Waals surface area contributed by atoms with Gasteiger partial charge in [0.05, 0.1) is 17.1 Å². The summed E-state index contributed by atoms with van der Waals surface area (Å²) in [6, 6.07) is 5.96. The molecule has 0 atom stereocenters. The number of aryl methyl sites for hydroxylation is 3. The summed E-state index contributed by atoms with van der Waals surface area (Å²) in [5.74, 6) is -0.111. The number of nitrogens with one attached hydrogen (secondary N) is 1. The van der Waals surface area contributed by atoms with Crippen LogP contribution in [0.2, 0.25) is 0 Å². The van der Waals surface area contributed by atoms with Crippen molar-refractivity contribution in [2.75, 3.05) is 11.1 Å². The summed E-state index contributed by atoms with van der Waals surface area (Å²) in [6.45, 7) is 7.87. The number of carbonyl (C=O) groups is 1. The van der Waals surface area contributed by atoms with Gasteiger partial charge in [-0.3, -0.25) is 9.48 Å². The maximum Gasteiger partial charge on any atom is 0.246 e. The number of carbonyl (C=O) groups excluding carboxylic acids is 1. The minimum absolute atomic E-state index is 0.111. The summed E-state index contributed by atoms with van der Waals surface area (Å²) in [5, 5.41) is 7.14. The Labute approximate surface area is 118 Å². The maximum atomic E-state index is 12.1. The van der Waals surface area contributed by atoms with E-state index in [-0.39, 0.29) is 12.5 Å². The highest BCUT2D eigenvalue weighted by Crippen LogP contribution is 2.16. The summed E-state index contributed by atoms with van der Waals surface area (Å²) in [7, 11) is 0. The predicted octanol–water partition coefficient (Wildman–Crippen LogP) is 2.34. The van der Waals surface area contributed by atoms with Crippen LogP contribution in [0.15, 0.2) is 18.2 Å². The van der Waals surface area contributed by atoms with Crippen LogP contribution in [-0.2, 0) is 11.3 Å². The van der Waals surface area contributed by atoms with Crippen molar-refractivity contribution in [3.05, 3.63) is 40.7 Å². The highest BCUT2D eigenvalue weighted by Gasteiger charge is 2.11. The Morgan fingerprint density at radius 3 is 2.30 bits per heavy atom. The molecule has 20 heavy (non-hydrogen) atoms. The number of hydrogen-bond acceptors (Lipinski definition) is 3. The number of anilines is 2. The van der Waals surface area contributed by atoms with E-state index in [2.05, 4.69) is 16.5 Å². The molecule has 1 aromatic heterocycles. The van der Waals surface area contributed by atoms with Gasteiger partial charge in [0.25, 0.3) is 0 Å². The van der Waals surface area contributed by atoms with Gasteiger partial charge in [-0.2, -0.15) is 5.10 Å². The van der Waals surface area contributed by atoms with Gasteiger partial charge in [0.15, 0.2) is 0 Å². The molecule has 1 heterocycles. The van der Waals surface area contributed by atoms with E-state index in [0.29, 0.717) is 5.69 Å². The molecule has 0 saturated heterocycles. The third-order valence-electron chi connectivity index (χ3n) is 3.24. The summed E-state index contributed by atoms with van der Waals surface area (Å²) >= 11 is 0. The standard InChI is InChI=1S/C15H20N4O/c1-9-5-10(2)7-13(6-9)17-14(20)8-19-12(4)15(16)11(3)18-19/h5-7H,8,16H2,1-4H3,(H,17,20). The van der Waals surface area contributed by atoms with Crippen LogP contribution in [0.1, 0.15) is 22.5 Å². The summed E-state index contributed by atoms with van der Waals surface area (Å²) < 4.78 is 1.63. The Bertz CT molecular complexity index is 638. The number of aromatic nitrogens is 2. The number of benzene rings is 1. The van der Waals surface area contributed by atoms with Crippen molar-refractivity contribution in [2.45, 2.75) is 34.2 Å². The molecule has 5 nitrogen and oxygen atoms in total. The molecule has 5 heteroatoms. The Kier molecular flexibility index (Phi) is 3.79. The van der Waals surface area contributed by atoms with E-state index in [4.69, 9.17) is 5.73 Å². The highest BCUT2D eigenvalue weighted by atomic mass is 16.2. The molecule has 0 aliphatic rings. The molecule has 106 valence electrons. The lowest BCUT2D eigenvalue weighted by molar-refractivity contribution is -0.116. The Morgan fingerprint density at radius 2 is 1.80 bits per heavy atom. The first kappa shape index (κ1) is 14.1. The molecule has 0 aliphatic heterocycles. The van der Waals surface area contributed by atoms with Gasteiger partial charge >= 0.3 is 0 Å². The number of rotatable bonds is 3. The van der Waals surface area contributed by atoms with Gasteiger partial charge < -0.3 is 11.1 Å². The third-order valence-corrected chi connectivity index (χ3v) is 3.24. The fourth-order valence-corrected chi connectivity index (χ4v) is 2.25. The molecule has 0 bridgehead atoms. The van der Waals surface area contributed by atoms with Crippen LogP contribution in [0.25, 0.3) is 0 Å².